The van der Waals surface area contributed by atoms with Gasteiger partial charge in [-0.2, -0.15) is 5.10 Å². The topological polar surface area (TPSA) is 79.0 Å². The summed E-state index contributed by atoms with van der Waals surface area (Å²) in [5, 5.41) is 11.1. The van der Waals surface area contributed by atoms with E-state index >= 15 is 0 Å². The summed E-state index contributed by atoms with van der Waals surface area (Å²) in [6, 6.07) is 15.8. The molecule has 7 nitrogen and oxygen atoms in total. The van der Waals surface area contributed by atoms with Gasteiger partial charge >= 0.3 is 0 Å². The Bertz CT molecular complexity index is 1060. The maximum absolute atomic E-state index is 5.92. The third-order valence-corrected chi connectivity index (χ3v) is 4.66. The summed E-state index contributed by atoms with van der Waals surface area (Å²) >= 11 is 0. The molecule has 3 aromatic heterocycles. The first kappa shape index (κ1) is 19.0. The fourth-order valence-electron chi connectivity index (χ4n) is 3.09. The van der Waals surface area contributed by atoms with Crippen LogP contribution in [0, 0.1) is 0 Å². The zero-order valence-electron chi connectivity index (χ0n) is 16.6. The SMILES string of the molecule is CNCCN(C)Cc1ccc2cc(Oc3ccc(-c4ccn[nH]4)cn3)ccc2n1. The quantitative estimate of drug-likeness (QED) is 0.481. The van der Waals surface area contributed by atoms with E-state index in [0.717, 1.165) is 53.2 Å². The van der Waals surface area contributed by atoms with Crippen LogP contribution < -0.4 is 10.1 Å². The van der Waals surface area contributed by atoms with Gasteiger partial charge in [0.05, 0.1) is 16.9 Å². The molecule has 0 atom stereocenters. The van der Waals surface area contributed by atoms with Crippen LogP contribution in [0.1, 0.15) is 5.69 Å². The van der Waals surface area contributed by atoms with Crippen LogP contribution >= 0.6 is 0 Å². The summed E-state index contributed by atoms with van der Waals surface area (Å²) < 4.78 is 5.92. The number of H-pyrrole nitrogens is 1. The molecule has 0 aliphatic rings. The molecule has 148 valence electrons. The number of hydrogen-bond donors (Lipinski definition) is 2. The molecule has 0 bridgehead atoms. The van der Waals surface area contributed by atoms with Crippen LogP contribution in [0.3, 0.4) is 0 Å². The summed E-state index contributed by atoms with van der Waals surface area (Å²) in [5.74, 6) is 1.28. The number of ether oxygens (including phenoxy) is 1. The maximum atomic E-state index is 5.92. The number of pyridine rings is 2. The van der Waals surface area contributed by atoms with E-state index in [1.807, 2.05) is 43.4 Å². The van der Waals surface area contributed by atoms with Crippen LogP contribution in [-0.4, -0.2) is 52.3 Å². The minimum atomic E-state index is 0.545. The Morgan fingerprint density at radius 2 is 2.03 bits per heavy atom. The van der Waals surface area contributed by atoms with Gasteiger partial charge in [0.25, 0.3) is 0 Å². The Labute approximate surface area is 169 Å². The Morgan fingerprint density at radius 1 is 1.10 bits per heavy atom. The van der Waals surface area contributed by atoms with Crippen LogP contribution in [0.2, 0.25) is 0 Å². The third-order valence-electron chi connectivity index (χ3n) is 4.66. The summed E-state index contributed by atoms with van der Waals surface area (Å²) in [6.45, 7) is 2.76. The first-order valence-electron chi connectivity index (χ1n) is 9.58. The van der Waals surface area contributed by atoms with E-state index in [1.165, 1.54) is 0 Å². The van der Waals surface area contributed by atoms with Gasteiger partial charge in [0.1, 0.15) is 5.75 Å². The Morgan fingerprint density at radius 3 is 2.79 bits per heavy atom. The summed E-state index contributed by atoms with van der Waals surface area (Å²) in [6.07, 6.45) is 3.48. The van der Waals surface area contributed by atoms with Crippen LogP contribution in [0.15, 0.2) is 60.9 Å². The molecule has 0 unspecified atom stereocenters. The number of hydrogen-bond acceptors (Lipinski definition) is 6. The van der Waals surface area contributed by atoms with Gasteiger partial charge < -0.3 is 10.1 Å². The number of benzene rings is 1. The highest BCUT2D eigenvalue weighted by Gasteiger charge is 2.06. The smallest absolute Gasteiger partial charge is 0.219 e. The Balaban J connectivity index is 1.45. The van der Waals surface area contributed by atoms with Crippen molar-refractivity contribution in [3.8, 4) is 22.9 Å². The average Bonchev–Trinajstić information content (AvgIpc) is 3.28. The first-order valence-corrected chi connectivity index (χ1v) is 9.58. The highest BCUT2D eigenvalue weighted by atomic mass is 16.5. The minimum absolute atomic E-state index is 0.545. The van der Waals surface area contributed by atoms with Gasteiger partial charge in [-0.05, 0) is 50.5 Å². The zero-order chi connectivity index (χ0) is 20.1. The molecule has 0 spiro atoms. The molecular formula is C22H24N6O. The van der Waals surface area contributed by atoms with Crippen LogP contribution in [-0.2, 0) is 6.54 Å². The molecule has 0 aliphatic heterocycles. The summed E-state index contributed by atoms with van der Waals surface area (Å²) in [4.78, 5) is 11.4. The lowest BCUT2D eigenvalue weighted by Gasteiger charge is -2.16. The number of likely N-dealkylation sites (N-methyl/N-ethyl adjacent to an activating group) is 2. The van der Waals surface area contributed by atoms with Crippen molar-refractivity contribution < 1.29 is 4.74 Å². The van der Waals surface area contributed by atoms with E-state index in [2.05, 4.69) is 44.6 Å². The van der Waals surface area contributed by atoms with E-state index in [4.69, 9.17) is 9.72 Å². The molecule has 4 rings (SSSR count). The number of nitrogens with one attached hydrogen (secondary N) is 2. The third kappa shape index (κ3) is 4.77. The molecule has 0 radical (unpaired) electrons. The second-order valence-electron chi connectivity index (χ2n) is 6.96. The van der Waals surface area contributed by atoms with E-state index < -0.39 is 0 Å². The molecule has 29 heavy (non-hydrogen) atoms. The standard InChI is InChI=1S/C22H24N6O/c1-23-11-12-28(2)15-18-5-3-16-13-19(6-7-20(16)26-18)29-22-8-4-17(14-24-22)21-9-10-25-27-21/h3-10,13-14,23H,11-12,15H2,1-2H3,(H,25,27). The summed E-state index contributed by atoms with van der Waals surface area (Å²) in [7, 11) is 4.07. The maximum Gasteiger partial charge on any atom is 0.219 e. The molecule has 0 saturated heterocycles. The normalized spacial score (nSPS) is 11.3. The Hall–Kier alpha value is -3.29. The van der Waals surface area contributed by atoms with Crippen molar-refractivity contribution in [2.45, 2.75) is 6.54 Å². The monoisotopic (exact) mass is 388 g/mol. The van der Waals surface area contributed by atoms with Crippen molar-refractivity contribution in [1.29, 1.82) is 0 Å². The van der Waals surface area contributed by atoms with Gasteiger partial charge in [0.2, 0.25) is 5.88 Å². The predicted octanol–water partition coefficient (Wildman–Crippen LogP) is 3.46. The number of fused-ring (bicyclic) bond motifs is 1. The molecule has 0 aliphatic carbocycles. The van der Waals surface area contributed by atoms with Gasteiger partial charge in [0.15, 0.2) is 0 Å². The largest absolute Gasteiger partial charge is 0.439 e. The van der Waals surface area contributed by atoms with Crippen molar-refractivity contribution in [2.24, 2.45) is 0 Å². The fourth-order valence-corrected chi connectivity index (χ4v) is 3.09. The lowest BCUT2D eigenvalue weighted by molar-refractivity contribution is 0.324. The molecule has 2 N–H and O–H groups in total. The molecular weight excluding hydrogens is 364 g/mol. The van der Waals surface area contributed by atoms with Crippen LogP contribution in [0.25, 0.3) is 22.2 Å². The number of aromatic nitrogens is 4. The van der Waals surface area contributed by atoms with E-state index in [9.17, 15) is 0 Å². The van der Waals surface area contributed by atoms with Crippen molar-refractivity contribution in [2.75, 3.05) is 27.2 Å². The van der Waals surface area contributed by atoms with Gasteiger partial charge in [-0.15, -0.1) is 0 Å². The second-order valence-corrected chi connectivity index (χ2v) is 6.96. The second kappa shape index (κ2) is 8.81. The Kier molecular flexibility index (Phi) is 5.79. The van der Waals surface area contributed by atoms with Crippen molar-refractivity contribution in [3.63, 3.8) is 0 Å². The molecule has 4 aromatic rings. The van der Waals surface area contributed by atoms with Gasteiger partial charge in [0, 0.05) is 49.0 Å². The highest BCUT2D eigenvalue weighted by molar-refractivity contribution is 5.80. The van der Waals surface area contributed by atoms with Crippen LogP contribution in [0.5, 0.6) is 11.6 Å². The molecule has 3 heterocycles. The lowest BCUT2D eigenvalue weighted by atomic mass is 10.2. The van der Waals surface area contributed by atoms with Gasteiger partial charge in [-0.1, -0.05) is 6.07 Å². The molecule has 0 saturated carbocycles. The van der Waals surface area contributed by atoms with E-state index in [0.29, 0.717) is 5.88 Å². The van der Waals surface area contributed by atoms with Crippen molar-refractivity contribution in [1.82, 2.24) is 30.4 Å². The van der Waals surface area contributed by atoms with Crippen molar-refractivity contribution >= 4 is 10.9 Å². The number of nitrogens with zero attached hydrogens (tertiary/aromatic N) is 4. The summed E-state index contributed by atoms with van der Waals surface area (Å²) in [5.41, 5.74) is 3.90. The lowest BCUT2D eigenvalue weighted by Crippen LogP contribution is -2.27. The predicted molar refractivity (Wildman–Crippen MR) is 114 cm³/mol. The van der Waals surface area contributed by atoms with E-state index in [-0.39, 0.29) is 0 Å². The van der Waals surface area contributed by atoms with E-state index in [1.54, 1.807) is 12.4 Å². The minimum Gasteiger partial charge on any atom is -0.439 e. The van der Waals surface area contributed by atoms with Crippen molar-refractivity contribution in [3.05, 3.63) is 66.6 Å². The molecule has 1 aromatic carbocycles. The molecule has 0 fully saturated rings. The average molecular weight is 388 g/mol. The van der Waals surface area contributed by atoms with Gasteiger partial charge in [-0.3, -0.25) is 15.0 Å². The number of aromatic amines is 1. The first-order chi connectivity index (χ1) is 14.2. The highest BCUT2D eigenvalue weighted by Crippen LogP contribution is 2.25. The van der Waals surface area contributed by atoms with Crippen LogP contribution in [0.4, 0.5) is 0 Å². The molecule has 7 heteroatoms. The zero-order valence-corrected chi connectivity index (χ0v) is 16.6. The number of rotatable bonds is 8. The molecule has 0 amide bonds. The fraction of sp³-hybridized carbons (Fsp3) is 0.227. The van der Waals surface area contributed by atoms with Gasteiger partial charge in [-0.25, -0.2) is 4.98 Å².